The highest BCUT2D eigenvalue weighted by molar-refractivity contribution is 7.90. The van der Waals surface area contributed by atoms with E-state index in [1.807, 2.05) is 6.92 Å². The third-order valence-electron chi connectivity index (χ3n) is 3.38. The molecule has 1 aromatic rings. The lowest BCUT2D eigenvalue weighted by Gasteiger charge is -2.25. The van der Waals surface area contributed by atoms with Gasteiger partial charge in [0.15, 0.2) is 9.84 Å². The normalized spacial score (nSPS) is 23.6. The van der Waals surface area contributed by atoms with Crippen molar-refractivity contribution in [2.24, 2.45) is 5.92 Å². The number of carboxylic acid groups (broad SMARTS) is 1. The quantitative estimate of drug-likeness (QED) is 0.882. The van der Waals surface area contributed by atoms with E-state index in [1.54, 1.807) is 4.90 Å². The fourth-order valence-corrected chi connectivity index (χ4v) is 3.28. The van der Waals surface area contributed by atoms with Gasteiger partial charge < -0.3 is 10.0 Å². The molecule has 2 atom stereocenters. The first kappa shape index (κ1) is 13.8. The Bertz CT molecular complexity index is 600. The highest BCUT2D eigenvalue weighted by Gasteiger charge is 2.39. The van der Waals surface area contributed by atoms with E-state index in [2.05, 4.69) is 4.98 Å². The molecule has 104 valence electrons. The number of carbonyl (C=O) groups is 1. The van der Waals surface area contributed by atoms with Crippen LogP contribution in [0.1, 0.15) is 13.3 Å². The molecule has 0 radical (unpaired) electrons. The van der Waals surface area contributed by atoms with Crippen LogP contribution in [-0.2, 0) is 14.6 Å². The molecule has 1 aromatic heterocycles. The molecule has 0 amide bonds. The molecule has 1 fully saturated rings. The van der Waals surface area contributed by atoms with E-state index in [0.717, 1.165) is 6.26 Å². The topological polar surface area (TPSA) is 87.6 Å². The largest absolute Gasteiger partial charge is 0.480 e. The van der Waals surface area contributed by atoms with Crippen LogP contribution in [-0.4, -0.2) is 43.3 Å². The number of aromatic nitrogens is 1. The predicted octanol–water partition coefficient (Wildman–Crippen LogP) is 0.785. The van der Waals surface area contributed by atoms with Crippen LogP contribution in [0.15, 0.2) is 23.2 Å². The Hall–Kier alpha value is -1.63. The molecule has 19 heavy (non-hydrogen) atoms. The van der Waals surface area contributed by atoms with Crippen molar-refractivity contribution in [1.29, 1.82) is 0 Å². The molecular formula is C12H16N2O4S. The Morgan fingerprint density at radius 2 is 2.21 bits per heavy atom. The van der Waals surface area contributed by atoms with Crippen molar-refractivity contribution in [3.8, 4) is 0 Å². The van der Waals surface area contributed by atoms with Gasteiger partial charge in [0.05, 0.1) is 0 Å². The van der Waals surface area contributed by atoms with Crippen LogP contribution >= 0.6 is 0 Å². The fraction of sp³-hybridized carbons (Fsp3) is 0.500. The molecule has 1 saturated heterocycles. The summed E-state index contributed by atoms with van der Waals surface area (Å²) in [7, 11) is -3.43. The summed E-state index contributed by atoms with van der Waals surface area (Å²) < 4.78 is 23.5. The predicted molar refractivity (Wildman–Crippen MR) is 69.9 cm³/mol. The molecule has 1 aliphatic heterocycles. The zero-order valence-corrected chi connectivity index (χ0v) is 11.6. The maximum atomic E-state index is 11.8. The number of aliphatic carboxylic acids is 1. The Kier molecular flexibility index (Phi) is 3.49. The Balaban J connectivity index is 2.51. The smallest absolute Gasteiger partial charge is 0.326 e. The van der Waals surface area contributed by atoms with Crippen molar-refractivity contribution in [1.82, 2.24) is 4.98 Å². The molecule has 0 bridgehead atoms. The minimum Gasteiger partial charge on any atom is -0.480 e. The summed E-state index contributed by atoms with van der Waals surface area (Å²) in [6.07, 6.45) is 3.28. The van der Waals surface area contributed by atoms with E-state index in [1.165, 1.54) is 18.3 Å². The lowest BCUT2D eigenvalue weighted by molar-refractivity contribution is -0.139. The second-order valence-electron chi connectivity index (χ2n) is 4.84. The van der Waals surface area contributed by atoms with Gasteiger partial charge in [0, 0.05) is 19.0 Å². The Morgan fingerprint density at radius 3 is 2.79 bits per heavy atom. The van der Waals surface area contributed by atoms with Crippen molar-refractivity contribution in [3.63, 3.8) is 0 Å². The van der Waals surface area contributed by atoms with Gasteiger partial charge in [0.25, 0.3) is 0 Å². The molecular weight excluding hydrogens is 268 g/mol. The second-order valence-corrected chi connectivity index (χ2v) is 6.82. The van der Waals surface area contributed by atoms with Crippen LogP contribution < -0.4 is 4.90 Å². The van der Waals surface area contributed by atoms with Crippen LogP contribution in [0.3, 0.4) is 0 Å². The molecule has 0 aromatic carbocycles. The van der Waals surface area contributed by atoms with Gasteiger partial charge in [-0.25, -0.2) is 18.2 Å². The van der Waals surface area contributed by atoms with Gasteiger partial charge in [0.1, 0.15) is 16.8 Å². The summed E-state index contributed by atoms with van der Waals surface area (Å²) in [4.78, 5) is 17.1. The summed E-state index contributed by atoms with van der Waals surface area (Å²) in [6, 6.07) is 2.27. The minimum atomic E-state index is -3.43. The van der Waals surface area contributed by atoms with Crippen molar-refractivity contribution < 1.29 is 18.3 Å². The van der Waals surface area contributed by atoms with Gasteiger partial charge >= 0.3 is 5.97 Å². The average Bonchev–Trinajstić information content (AvgIpc) is 2.70. The van der Waals surface area contributed by atoms with Gasteiger partial charge in [-0.3, -0.25) is 0 Å². The van der Waals surface area contributed by atoms with Gasteiger partial charge in [-0.15, -0.1) is 0 Å². The maximum Gasteiger partial charge on any atom is 0.326 e. The number of sulfone groups is 1. The summed E-state index contributed by atoms with van der Waals surface area (Å²) in [5, 5.41) is 9.29. The van der Waals surface area contributed by atoms with Gasteiger partial charge in [-0.05, 0) is 24.5 Å². The highest BCUT2D eigenvalue weighted by atomic mass is 32.2. The summed E-state index contributed by atoms with van der Waals surface area (Å²) in [5.41, 5.74) is 0. The van der Waals surface area contributed by atoms with E-state index in [9.17, 15) is 18.3 Å². The van der Waals surface area contributed by atoms with E-state index in [0.29, 0.717) is 13.0 Å². The van der Waals surface area contributed by atoms with E-state index < -0.39 is 21.8 Å². The number of hydrogen-bond donors (Lipinski definition) is 1. The SMILES string of the molecule is CC1CCN(c2ncccc2S(C)(=O)=O)C1C(=O)O. The molecule has 1 N–H and O–H groups in total. The van der Waals surface area contributed by atoms with Crippen LogP contribution in [0, 0.1) is 5.92 Å². The number of anilines is 1. The zero-order chi connectivity index (χ0) is 14.2. The minimum absolute atomic E-state index is 0.0353. The third kappa shape index (κ3) is 2.56. The first-order valence-electron chi connectivity index (χ1n) is 5.97. The lowest BCUT2D eigenvalue weighted by Crippen LogP contribution is -2.40. The first-order valence-corrected chi connectivity index (χ1v) is 7.86. The van der Waals surface area contributed by atoms with Crippen LogP contribution in [0.5, 0.6) is 0 Å². The standard InChI is InChI=1S/C12H16N2O4S/c1-8-5-7-14(10(8)12(15)16)11-9(19(2,17)18)4-3-6-13-11/h3-4,6,8,10H,5,7H2,1-2H3,(H,15,16). The number of nitrogens with zero attached hydrogens (tertiary/aromatic N) is 2. The highest BCUT2D eigenvalue weighted by Crippen LogP contribution is 2.32. The Morgan fingerprint density at radius 1 is 1.53 bits per heavy atom. The molecule has 2 unspecified atom stereocenters. The fourth-order valence-electron chi connectivity index (χ4n) is 2.45. The van der Waals surface area contributed by atoms with Gasteiger partial charge in [-0.2, -0.15) is 0 Å². The molecule has 7 heteroatoms. The van der Waals surface area contributed by atoms with Gasteiger partial charge in [-0.1, -0.05) is 6.92 Å². The van der Waals surface area contributed by atoms with Crippen molar-refractivity contribution >= 4 is 21.6 Å². The van der Waals surface area contributed by atoms with E-state index >= 15 is 0 Å². The van der Waals surface area contributed by atoms with Crippen molar-refractivity contribution in [2.45, 2.75) is 24.3 Å². The first-order chi connectivity index (χ1) is 8.82. The summed E-state index contributed by atoms with van der Waals surface area (Å²) >= 11 is 0. The summed E-state index contributed by atoms with van der Waals surface area (Å²) in [6.45, 7) is 2.35. The molecule has 2 heterocycles. The molecule has 0 aliphatic carbocycles. The maximum absolute atomic E-state index is 11.8. The van der Waals surface area contributed by atoms with E-state index in [4.69, 9.17) is 0 Å². The monoisotopic (exact) mass is 284 g/mol. The van der Waals surface area contributed by atoms with Crippen LogP contribution in [0.2, 0.25) is 0 Å². The lowest BCUT2D eigenvalue weighted by atomic mass is 10.0. The van der Waals surface area contributed by atoms with E-state index in [-0.39, 0.29) is 16.6 Å². The number of rotatable bonds is 3. The number of hydrogen-bond acceptors (Lipinski definition) is 5. The van der Waals surface area contributed by atoms with Crippen LogP contribution in [0.25, 0.3) is 0 Å². The average molecular weight is 284 g/mol. The van der Waals surface area contributed by atoms with Crippen molar-refractivity contribution in [3.05, 3.63) is 18.3 Å². The second kappa shape index (κ2) is 4.80. The molecule has 0 spiro atoms. The molecule has 6 nitrogen and oxygen atoms in total. The molecule has 0 saturated carbocycles. The van der Waals surface area contributed by atoms with Crippen molar-refractivity contribution in [2.75, 3.05) is 17.7 Å². The van der Waals surface area contributed by atoms with Gasteiger partial charge in [0.2, 0.25) is 0 Å². The summed E-state index contributed by atoms with van der Waals surface area (Å²) in [5.74, 6) is -0.747. The van der Waals surface area contributed by atoms with Crippen LogP contribution in [0.4, 0.5) is 5.82 Å². The number of pyridine rings is 1. The molecule has 2 rings (SSSR count). The number of carboxylic acids is 1. The Labute approximate surface area is 112 Å². The molecule has 1 aliphatic rings. The zero-order valence-electron chi connectivity index (χ0n) is 10.8. The third-order valence-corrected chi connectivity index (χ3v) is 4.49.